The molecule has 2 unspecified atom stereocenters. The Morgan fingerprint density at radius 1 is 1.34 bits per heavy atom. The van der Waals surface area contributed by atoms with Crippen molar-refractivity contribution >= 4 is 69.5 Å². The Morgan fingerprint density at radius 2 is 2.11 bits per heavy atom. The summed E-state index contributed by atoms with van der Waals surface area (Å²) in [4.78, 5) is 63.5. The Hall–Kier alpha value is -3.90. The number of hydrogen-bond donors (Lipinski definition) is 3. The van der Waals surface area contributed by atoms with Gasteiger partial charge < -0.3 is 25.7 Å². The molecule has 1 fully saturated rings. The number of aliphatic carboxylic acids is 1. The molecular formula is C20H20N8O7S3. The molecule has 2 aliphatic rings. The summed E-state index contributed by atoms with van der Waals surface area (Å²) in [5.41, 5.74) is 5.85. The topological polar surface area (TPSA) is 204 Å². The number of nitrogens with two attached hydrogens (primary N) is 1. The van der Waals surface area contributed by atoms with Crippen molar-refractivity contribution in [3.05, 3.63) is 39.7 Å². The van der Waals surface area contributed by atoms with Crippen molar-refractivity contribution < 1.29 is 33.9 Å². The first-order valence-electron chi connectivity index (χ1n) is 10.5. The lowest BCUT2D eigenvalue weighted by atomic mass is 10.0. The number of anilines is 1. The predicted octanol–water partition coefficient (Wildman–Crippen LogP) is 0.0355. The summed E-state index contributed by atoms with van der Waals surface area (Å²) in [5.74, 6) is -3.12. The van der Waals surface area contributed by atoms with Gasteiger partial charge in [0.1, 0.15) is 29.9 Å². The van der Waals surface area contributed by atoms with Crippen LogP contribution in [0.4, 0.5) is 5.13 Å². The van der Waals surface area contributed by atoms with Crippen LogP contribution in [0.5, 0.6) is 0 Å². The number of thiazole rings is 1. The van der Waals surface area contributed by atoms with E-state index in [1.807, 2.05) is 0 Å². The molecule has 4 N–H and O–H groups in total. The maximum atomic E-state index is 12.9. The number of nitrogen functional groups attached to an aromatic ring is 1. The fraction of sp³-hybridized carbons (Fsp3) is 0.300. The van der Waals surface area contributed by atoms with Crippen molar-refractivity contribution in [2.24, 2.45) is 12.2 Å². The number of thioether (sulfide) groups is 2. The summed E-state index contributed by atoms with van der Waals surface area (Å²) < 4.78 is 5.98. The normalized spacial score (nSPS) is 19.3. The molecule has 0 saturated carbocycles. The molecular weight excluding hydrogens is 560 g/mol. The number of carboxylic acids is 1. The predicted molar refractivity (Wildman–Crippen MR) is 137 cm³/mol. The zero-order chi connectivity index (χ0) is 27.6. The maximum absolute atomic E-state index is 12.9. The van der Waals surface area contributed by atoms with Crippen molar-refractivity contribution in [3.8, 4) is 0 Å². The van der Waals surface area contributed by atoms with E-state index in [1.54, 1.807) is 18.5 Å². The number of carbonyl (C=O) groups excluding carboxylic acids is 3. The molecule has 0 aliphatic carbocycles. The van der Waals surface area contributed by atoms with Gasteiger partial charge in [-0.25, -0.2) is 19.3 Å². The van der Waals surface area contributed by atoms with Gasteiger partial charge in [-0.2, -0.15) is 4.98 Å². The zero-order valence-electron chi connectivity index (χ0n) is 20.0. The summed E-state index contributed by atoms with van der Waals surface area (Å²) in [6, 6.07) is -0.977. The minimum Gasteiger partial charge on any atom is -0.477 e. The van der Waals surface area contributed by atoms with E-state index in [4.69, 9.17) is 10.6 Å². The van der Waals surface area contributed by atoms with E-state index in [0.717, 1.165) is 28.0 Å². The number of rotatable bonds is 9. The van der Waals surface area contributed by atoms with Gasteiger partial charge in [-0.1, -0.05) is 16.9 Å². The number of methoxy groups -OCH3 is 1. The average molecular weight is 581 g/mol. The number of amides is 2. The van der Waals surface area contributed by atoms with Crippen LogP contribution < -0.4 is 11.1 Å². The Kier molecular flexibility index (Phi) is 8.02. The van der Waals surface area contributed by atoms with Gasteiger partial charge in [0.05, 0.1) is 7.11 Å². The van der Waals surface area contributed by atoms with E-state index < -0.39 is 35.2 Å². The highest BCUT2D eigenvalue weighted by atomic mass is 32.2. The molecule has 18 heteroatoms. The molecule has 0 bridgehead atoms. The molecule has 0 radical (unpaired) electrons. The number of oxime groups is 1. The van der Waals surface area contributed by atoms with Gasteiger partial charge in [0.25, 0.3) is 17.6 Å². The minimum absolute atomic E-state index is 0.108. The summed E-state index contributed by atoms with van der Waals surface area (Å²) in [6.45, 7) is 0. The minimum atomic E-state index is -1.29. The van der Waals surface area contributed by atoms with Crippen LogP contribution in [0.25, 0.3) is 0 Å². The molecule has 38 heavy (non-hydrogen) atoms. The van der Waals surface area contributed by atoms with Crippen molar-refractivity contribution in [2.75, 3.05) is 25.7 Å². The lowest BCUT2D eigenvalue weighted by molar-refractivity contribution is -0.150. The number of esters is 1. The molecule has 2 aromatic heterocycles. The number of β-lactam (4-membered cyclic amide) rings is 1. The van der Waals surface area contributed by atoms with Gasteiger partial charge in [-0.05, 0) is 17.1 Å². The molecule has 2 atom stereocenters. The molecule has 200 valence electrons. The summed E-state index contributed by atoms with van der Waals surface area (Å²) in [7, 11) is 4.07. The fourth-order valence-corrected chi connectivity index (χ4v) is 6.05. The standard InChI is InChI=1S/C20H20N8O7S3/c1-27-20(24-13(25-27)18(33)34-2)36-5-4-8-6-37-16-11(15(30)28(16)12(8)17(31)32)23-14(29)10(26-35-3)9-7-38-19(21)22-9/h4-5,7,11,16H,6H2,1-3H3,(H2,21,22)(H,23,29)(H,31,32). The molecule has 4 rings (SSSR count). The average Bonchev–Trinajstić information content (AvgIpc) is 3.49. The molecule has 1 saturated heterocycles. The number of allylic oxidation sites excluding steroid dienone is 1. The van der Waals surface area contributed by atoms with E-state index in [2.05, 4.69) is 30.3 Å². The van der Waals surface area contributed by atoms with Crippen LogP contribution in [-0.2, 0) is 31.0 Å². The first-order valence-corrected chi connectivity index (χ1v) is 13.3. The summed E-state index contributed by atoms with van der Waals surface area (Å²) in [6.07, 6.45) is 1.55. The van der Waals surface area contributed by atoms with Gasteiger partial charge in [0.2, 0.25) is 0 Å². The van der Waals surface area contributed by atoms with Crippen LogP contribution in [0.2, 0.25) is 0 Å². The van der Waals surface area contributed by atoms with Crippen LogP contribution in [-0.4, -0.2) is 90.6 Å². The number of ether oxygens (including phenoxy) is 1. The van der Waals surface area contributed by atoms with Crippen molar-refractivity contribution in [1.82, 2.24) is 30.0 Å². The lowest BCUT2D eigenvalue weighted by Gasteiger charge is -2.49. The number of aromatic nitrogens is 4. The van der Waals surface area contributed by atoms with Gasteiger partial charge in [-0.3, -0.25) is 14.5 Å². The highest BCUT2D eigenvalue weighted by molar-refractivity contribution is 8.02. The molecule has 4 heterocycles. The number of hydrogen-bond acceptors (Lipinski definition) is 14. The van der Waals surface area contributed by atoms with Gasteiger partial charge in [-0.15, -0.1) is 28.2 Å². The van der Waals surface area contributed by atoms with Crippen molar-refractivity contribution in [1.29, 1.82) is 0 Å². The number of carboxylic acid groups (broad SMARTS) is 1. The Balaban J connectivity index is 1.48. The van der Waals surface area contributed by atoms with E-state index in [9.17, 15) is 24.3 Å². The van der Waals surface area contributed by atoms with Gasteiger partial charge >= 0.3 is 11.9 Å². The van der Waals surface area contributed by atoms with Crippen LogP contribution in [0.1, 0.15) is 16.3 Å². The number of fused-ring (bicyclic) bond motifs is 1. The largest absolute Gasteiger partial charge is 0.477 e. The Labute approximate surface area is 227 Å². The van der Waals surface area contributed by atoms with Crippen LogP contribution >= 0.6 is 34.9 Å². The van der Waals surface area contributed by atoms with E-state index in [-0.39, 0.29) is 33.8 Å². The Morgan fingerprint density at radius 3 is 2.74 bits per heavy atom. The van der Waals surface area contributed by atoms with Crippen LogP contribution in [0.15, 0.2) is 38.4 Å². The SMILES string of the molecule is CON=C(C(=O)NC1C(=O)N2C(C(=O)O)=C(C=CSc3nc(C(=O)OC)nn3C)CSC12)c1csc(N)n1. The maximum Gasteiger partial charge on any atom is 0.377 e. The van der Waals surface area contributed by atoms with Crippen LogP contribution in [0.3, 0.4) is 0 Å². The molecule has 15 nitrogen and oxygen atoms in total. The lowest BCUT2D eigenvalue weighted by Crippen LogP contribution is -2.71. The smallest absolute Gasteiger partial charge is 0.377 e. The third kappa shape index (κ3) is 5.22. The van der Waals surface area contributed by atoms with Gasteiger partial charge in [0.15, 0.2) is 16.0 Å². The second-order valence-corrected chi connectivity index (χ2v) is 10.4. The molecule has 0 aromatic carbocycles. The Bertz CT molecular complexity index is 1400. The molecule has 0 spiro atoms. The first-order chi connectivity index (χ1) is 18.2. The number of aryl methyl sites for hydroxylation is 1. The number of carbonyl (C=O) groups is 4. The summed E-state index contributed by atoms with van der Waals surface area (Å²) in [5, 5.41) is 23.2. The third-order valence-electron chi connectivity index (χ3n) is 5.18. The van der Waals surface area contributed by atoms with E-state index in [1.165, 1.54) is 36.0 Å². The van der Waals surface area contributed by atoms with Crippen LogP contribution in [0, 0.1) is 0 Å². The van der Waals surface area contributed by atoms with Crippen molar-refractivity contribution in [3.63, 3.8) is 0 Å². The second kappa shape index (κ2) is 11.2. The van der Waals surface area contributed by atoms with E-state index in [0.29, 0.717) is 10.7 Å². The molecule has 2 aliphatic heterocycles. The number of nitrogens with one attached hydrogen (secondary N) is 1. The zero-order valence-corrected chi connectivity index (χ0v) is 22.4. The van der Waals surface area contributed by atoms with Gasteiger partial charge in [0, 0.05) is 18.2 Å². The highest BCUT2D eigenvalue weighted by Gasteiger charge is 2.54. The highest BCUT2D eigenvalue weighted by Crippen LogP contribution is 2.41. The monoisotopic (exact) mass is 580 g/mol. The second-order valence-electron chi connectivity index (χ2n) is 7.49. The quantitative estimate of drug-likeness (QED) is 0.118. The summed E-state index contributed by atoms with van der Waals surface area (Å²) >= 11 is 3.51. The fourth-order valence-electron chi connectivity index (χ4n) is 3.50. The first kappa shape index (κ1) is 27.1. The van der Waals surface area contributed by atoms with E-state index >= 15 is 0 Å². The number of nitrogens with zero attached hydrogens (tertiary/aromatic N) is 6. The molecule has 2 amide bonds. The van der Waals surface area contributed by atoms with Crippen molar-refractivity contribution in [2.45, 2.75) is 16.6 Å². The third-order valence-corrected chi connectivity index (χ3v) is 8.00. The molecule has 2 aromatic rings.